The summed E-state index contributed by atoms with van der Waals surface area (Å²) in [5.74, 6) is -0.0178. The molecule has 2 heterocycles. The molecule has 0 saturated heterocycles. The van der Waals surface area contributed by atoms with Crippen LogP contribution < -0.4 is 0 Å². The van der Waals surface area contributed by atoms with Gasteiger partial charge in [-0.3, -0.25) is 14.5 Å². The van der Waals surface area contributed by atoms with Gasteiger partial charge in [0.1, 0.15) is 0 Å². The predicted molar refractivity (Wildman–Crippen MR) is 95.3 cm³/mol. The van der Waals surface area contributed by atoms with Crippen molar-refractivity contribution in [3.05, 3.63) is 69.5 Å². The molecular formula is C18H11Cl2N3O3. The van der Waals surface area contributed by atoms with Gasteiger partial charge in [-0.05, 0) is 12.1 Å². The monoisotopic (exact) mass is 387 g/mol. The third kappa shape index (κ3) is 2.87. The number of amides is 2. The SMILES string of the molecule is O=C1c2cc(Cl)c(Cl)cc2C(=O)N1CCc1nc(-c2ccccc2)no1. The number of nitrogens with zero attached hydrogens (tertiary/aromatic N) is 3. The summed E-state index contributed by atoms with van der Waals surface area (Å²) in [7, 11) is 0. The van der Waals surface area contributed by atoms with Crippen LogP contribution in [-0.4, -0.2) is 33.4 Å². The van der Waals surface area contributed by atoms with E-state index in [0.29, 0.717) is 11.7 Å². The molecule has 2 aromatic carbocycles. The fourth-order valence-corrected chi connectivity index (χ4v) is 3.08. The smallest absolute Gasteiger partial charge is 0.261 e. The summed E-state index contributed by atoms with van der Waals surface area (Å²) in [5.41, 5.74) is 1.33. The summed E-state index contributed by atoms with van der Waals surface area (Å²) in [4.78, 5) is 30.3. The maximum absolute atomic E-state index is 12.5. The molecule has 0 unspecified atom stereocenters. The number of benzene rings is 2. The highest BCUT2D eigenvalue weighted by molar-refractivity contribution is 6.43. The Hall–Kier alpha value is -2.70. The Morgan fingerprint density at radius 2 is 1.58 bits per heavy atom. The third-order valence-corrected chi connectivity index (χ3v) is 4.78. The van der Waals surface area contributed by atoms with Crippen molar-refractivity contribution in [2.24, 2.45) is 0 Å². The van der Waals surface area contributed by atoms with Crippen molar-refractivity contribution in [3.63, 3.8) is 0 Å². The molecule has 0 atom stereocenters. The van der Waals surface area contributed by atoms with Gasteiger partial charge in [0.05, 0.1) is 21.2 Å². The number of carbonyl (C=O) groups is 2. The lowest BCUT2D eigenvalue weighted by atomic mass is 10.1. The first kappa shape index (κ1) is 16.8. The highest BCUT2D eigenvalue weighted by Gasteiger charge is 2.36. The van der Waals surface area contributed by atoms with Crippen LogP contribution in [0.4, 0.5) is 0 Å². The van der Waals surface area contributed by atoms with Crippen LogP contribution in [-0.2, 0) is 6.42 Å². The van der Waals surface area contributed by atoms with E-state index in [1.807, 2.05) is 30.3 Å². The second-order valence-electron chi connectivity index (χ2n) is 5.70. The number of imide groups is 1. The molecule has 3 aromatic rings. The van der Waals surface area contributed by atoms with E-state index in [2.05, 4.69) is 10.1 Å². The van der Waals surface area contributed by atoms with E-state index < -0.39 is 11.8 Å². The summed E-state index contributed by atoms with van der Waals surface area (Å²) in [5, 5.41) is 4.39. The molecule has 6 nitrogen and oxygen atoms in total. The average molecular weight is 388 g/mol. The fourth-order valence-electron chi connectivity index (χ4n) is 2.76. The van der Waals surface area contributed by atoms with Crippen molar-refractivity contribution >= 4 is 35.0 Å². The quantitative estimate of drug-likeness (QED) is 0.634. The second kappa shape index (κ2) is 6.55. The number of aromatic nitrogens is 2. The van der Waals surface area contributed by atoms with Gasteiger partial charge in [0.15, 0.2) is 0 Å². The number of rotatable bonds is 4. The number of halogens is 2. The van der Waals surface area contributed by atoms with Crippen molar-refractivity contribution in [1.29, 1.82) is 0 Å². The average Bonchev–Trinajstić information content (AvgIpc) is 3.20. The van der Waals surface area contributed by atoms with Gasteiger partial charge < -0.3 is 4.52 Å². The lowest BCUT2D eigenvalue weighted by Gasteiger charge is -2.11. The molecule has 0 fully saturated rings. The van der Waals surface area contributed by atoms with E-state index in [0.717, 1.165) is 10.5 Å². The normalized spacial score (nSPS) is 13.4. The number of fused-ring (bicyclic) bond motifs is 1. The zero-order chi connectivity index (χ0) is 18.3. The van der Waals surface area contributed by atoms with Crippen LogP contribution >= 0.6 is 23.2 Å². The molecule has 0 saturated carbocycles. The minimum Gasteiger partial charge on any atom is -0.339 e. The molecule has 0 aliphatic carbocycles. The molecule has 0 spiro atoms. The van der Waals surface area contributed by atoms with E-state index in [-0.39, 0.29) is 34.1 Å². The van der Waals surface area contributed by atoms with Crippen LogP contribution in [0.2, 0.25) is 10.0 Å². The molecule has 0 bridgehead atoms. The van der Waals surface area contributed by atoms with E-state index in [9.17, 15) is 9.59 Å². The maximum atomic E-state index is 12.5. The van der Waals surface area contributed by atoms with Crippen LogP contribution in [0, 0.1) is 0 Å². The van der Waals surface area contributed by atoms with Gasteiger partial charge in [0, 0.05) is 18.5 Å². The summed E-state index contributed by atoms with van der Waals surface area (Å²) in [6, 6.07) is 12.2. The first-order valence-corrected chi connectivity index (χ1v) is 8.53. The largest absolute Gasteiger partial charge is 0.339 e. The molecule has 1 aliphatic heterocycles. The molecule has 2 amide bonds. The lowest BCUT2D eigenvalue weighted by Crippen LogP contribution is -2.31. The van der Waals surface area contributed by atoms with Gasteiger partial charge in [0.25, 0.3) is 11.8 Å². The minimum absolute atomic E-state index is 0.123. The molecule has 1 aromatic heterocycles. The Morgan fingerprint density at radius 3 is 2.19 bits per heavy atom. The standard InChI is InChI=1S/C18H11Cl2N3O3/c19-13-8-11-12(9-14(13)20)18(25)23(17(11)24)7-6-15-21-16(22-26-15)10-4-2-1-3-5-10/h1-5,8-9H,6-7H2. The Balaban J connectivity index is 1.50. The summed E-state index contributed by atoms with van der Waals surface area (Å²) in [6.45, 7) is 0.123. The molecule has 0 radical (unpaired) electrons. The molecule has 1 aliphatic rings. The first-order chi connectivity index (χ1) is 12.5. The number of hydrogen-bond donors (Lipinski definition) is 0. The molecule has 8 heteroatoms. The van der Waals surface area contributed by atoms with Crippen LogP contribution in [0.15, 0.2) is 47.0 Å². The molecule has 130 valence electrons. The minimum atomic E-state index is -0.411. The Morgan fingerprint density at radius 1 is 0.962 bits per heavy atom. The van der Waals surface area contributed by atoms with Crippen molar-refractivity contribution in [1.82, 2.24) is 15.0 Å². The van der Waals surface area contributed by atoms with Gasteiger partial charge >= 0.3 is 0 Å². The van der Waals surface area contributed by atoms with Crippen LogP contribution in [0.1, 0.15) is 26.6 Å². The predicted octanol–water partition coefficient (Wildman–Crippen LogP) is 3.88. The summed E-state index contributed by atoms with van der Waals surface area (Å²) in [6.07, 6.45) is 0.257. The fraction of sp³-hybridized carbons (Fsp3) is 0.111. The van der Waals surface area contributed by atoms with Gasteiger partial charge in [-0.15, -0.1) is 0 Å². The Bertz CT molecular complexity index is 977. The lowest BCUT2D eigenvalue weighted by molar-refractivity contribution is 0.0653. The number of carbonyl (C=O) groups excluding carboxylic acids is 2. The highest BCUT2D eigenvalue weighted by atomic mass is 35.5. The van der Waals surface area contributed by atoms with Crippen molar-refractivity contribution < 1.29 is 14.1 Å². The molecule has 0 N–H and O–H groups in total. The Kier molecular flexibility index (Phi) is 4.22. The number of hydrogen-bond acceptors (Lipinski definition) is 5. The van der Waals surface area contributed by atoms with E-state index >= 15 is 0 Å². The van der Waals surface area contributed by atoms with Gasteiger partial charge in [-0.1, -0.05) is 58.7 Å². The maximum Gasteiger partial charge on any atom is 0.261 e. The molecule has 26 heavy (non-hydrogen) atoms. The second-order valence-corrected chi connectivity index (χ2v) is 6.52. The van der Waals surface area contributed by atoms with Crippen LogP contribution in [0.25, 0.3) is 11.4 Å². The van der Waals surface area contributed by atoms with E-state index in [4.69, 9.17) is 27.7 Å². The van der Waals surface area contributed by atoms with Crippen LogP contribution in [0.5, 0.6) is 0 Å². The van der Waals surface area contributed by atoms with Gasteiger partial charge in [-0.25, -0.2) is 0 Å². The summed E-state index contributed by atoms with van der Waals surface area (Å²) >= 11 is 11.9. The molecular weight excluding hydrogens is 377 g/mol. The zero-order valence-electron chi connectivity index (χ0n) is 13.3. The molecule has 4 rings (SSSR count). The van der Waals surface area contributed by atoms with Crippen molar-refractivity contribution in [2.45, 2.75) is 6.42 Å². The van der Waals surface area contributed by atoms with E-state index in [1.54, 1.807) is 0 Å². The van der Waals surface area contributed by atoms with Gasteiger partial charge in [0.2, 0.25) is 11.7 Å². The summed E-state index contributed by atoms with van der Waals surface area (Å²) < 4.78 is 5.21. The van der Waals surface area contributed by atoms with Crippen molar-refractivity contribution in [3.8, 4) is 11.4 Å². The van der Waals surface area contributed by atoms with Crippen molar-refractivity contribution in [2.75, 3.05) is 6.54 Å². The first-order valence-electron chi connectivity index (χ1n) is 7.78. The van der Waals surface area contributed by atoms with Crippen LogP contribution in [0.3, 0.4) is 0 Å². The Labute approximate surface area is 158 Å². The van der Waals surface area contributed by atoms with E-state index in [1.165, 1.54) is 12.1 Å². The topological polar surface area (TPSA) is 76.3 Å². The highest BCUT2D eigenvalue weighted by Crippen LogP contribution is 2.31. The zero-order valence-corrected chi connectivity index (χ0v) is 14.8. The van der Waals surface area contributed by atoms with Gasteiger partial charge in [-0.2, -0.15) is 4.98 Å². The third-order valence-electron chi connectivity index (χ3n) is 4.06.